The summed E-state index contributed by atoms with van der Waals surface area (Å²) in [4.78, 5) is 4.25. The Morgan fingerprint density at radius 1 is 1.46 bits per heavy atom. The quantitative estimate of drug-likeness (QED) is 0.736. The van der Waals surface area contributed by atoms with Gasteiger partial charge >= 0.3 is 0 Å². The highest BCUT2D eigenvalue weighted by Crippen LogP contribution is 2.24. The van der Waals surface area contributed by atoms with Gasteiger partial charge in [0.1, 0.15) is 11.0 Å². The Kier molecular flexibility index (Phi) is 2.40. The number of nitrogens with zero attached hydrogens (tertiary/aromatic N) is 1. The molecule has 1 aliphatic carbocycles. The van der Waals surface area contributed by atoms with Gasteiger partial charge in [-0.3, -0.25) is 0 Å². The van der Waals surface area contributed by atoms with Crippen LogP contribution in [0.2, 0.25) is 5.15 Å². The van der Waals surface area contributed by atoms with E-state index >= 15 is 0 Å². The van der Waals surface area contributed by atoms with E-state index in [1.807, 2.05) is 19.1 Å². The van der Waals surface area contributed by atoms with Gasteiger partial charge in [0.25, 0.3) is 0 Å². The van der Waals surface area contributed by atoms with Gasteiger partial charge in [0.15, 0.2) is 0 Å². The van der Waals surface area contributed by atoms with Crippen LogP contribution < -0.4 is 5.32 Å². The highest BCUT2D eigenvalue weighted by Gasteiger charge is 2.17. The van der Waals surface area contributed by atoms with Crippen LogP contribution in [-0.4, -0.2) is 11.0 Å². The van der Waals surface area contributed by atoms with E-state index in [9.17, 15) is 0 Å². The third-order valence-corrected chi connectivity index (χ3v) is 2.72. The van der Waals surface area contributed by atoms with E-state index < -0.39 is 0 Å². The summed E-state index contributed by atoms with van der Waals surface area (Å²) in [5, 5.41) is 3.95. The first-order chi connectivity index (χ1) is 6.25. The molecule has 1 saturated carbocycles. The van der Waals surface area contributed by atoms with E-state index in [-0.39, 0.29) is 0 Å². The minimum Gasteiger partial charge on any atom is -0.367 e. The molecule has 2 rings (SSSR count). The molecule has 0 radical (unpaired) electrons. The fraction of sp³-hybridized carbons (Fsp3) is 0.500. The maximum Gasteiger partial charge on any atom is 0.131 e. The molecule has 0 aliphatic heterocycles. The minimum atomic E-state index is 0.562. The third kappa shape index (κ3) is 1.94. The van der Waals surface area contributed by atoms with E-state index in [2.05, 4.69) is 10.3 Å². The summed E-state index contributed by atoms with van der Waals surface area (Å²) in [5.74, 6) is 0.942. The van der Waals surface area contributed by atoms with Crippen LogP contribution >= 0.6 is 11.6 Å². The summed E-state index contributed by atoms with van der Waals surface area (Å²) in [5.41, 5.74) is 1.16. The zero-order valence-electron chi connectivity index (χ0n) is 7.68. The van der Waals surface area contributed by atoms with Crippen molar-refractivity contribution in [3.8, 4) is 0 Å². The van der Waals surface area contributed by atoms with Crippen LogP contribution in [0.15, 0.2) is 12.1 Å². The number of rotatable bonds is 2. The van der Waals surface area contributed by atoms with Gasteiger partial charge in [-0.05, 0) is 37.8 Å². The standard InChI is InChI=1S/C10H13ClN2/c1-7-5-6-9(11)13-10(7)12-8-3-2-4-8/h5-6,8H,2-4H2,1H3,(H,12,13). The normalized spacial score (nSPS) is 16.8. The molecule has 1 aromatic heterocycles. The van der Waals surface area contributed by atoms with Crippen molar-refractivity contribution in [1.29, 1.82) is 0 Å². The predicted octanol–water partition coefficient (Wildman–Crippen LogP) is 3.01. The number of halogens is 1. The highest BCUT2D eigenvalue weighted by atomic mass is 35.5. The van der Waals surface area contributed by atoms with Gasteiger partial charge in [0.2, 0.25) is 0 Å². The lowest BCUT2D eigenvalue weighted by molar-refractivity contribution is 0.444. The van der Waals surface area contributed by atoms with Gasteiger partial charge in [-0.1, -0.05) is 17.7 Å². The van der Waals surface area contributed by atoms with Crippen molar-refractivity contribution in [1.82, 2.24) is 4.98 Å². The zero-order chi connectivity index (χ0) is 9.26. The van der Waals surface area contributed by atoms with Crippen LogP contribution in [0, 0.1) is 6.92 Å². The summed E-state index contributed by atoms with van der Waals surface area (Å²) in [7, 11) is 0. The molecule has 1 heterocycles. The van der Waals surface area contributed by atoms with Gasteiger partial charge in [0.05, 0.1) is 0 Å². The predicted molar refractivity (Wildman–Crippen MR) is 55.2 cm³/mol. The largest absolute Gasteiger partial charge is 0.367 e. The Hall–Kier alpha value is -0.760. The molecule has 1 aromatic rings. The number of aromatic nitrogens is 1. The second kappa shape index (κ2) is 3.54. The topological polar surface area (TPSA) is 24.9 Å². The van der Waals surface area contributed by atoms with Crippen LogP contribution in [-0.2, 0) is 0 Å². The SMILES string of the molecule is Cc1ccc(Cl)nc1NC1CCC1. The monoisotopic (exact) mass is 196 g/mol. The molecule has 1 N–H and O–H groups in total. The molecule has 3 heteroatoms. The number of hydrogen-bond acceptors (Lipinski definition) is 2. The molecule has 0 saturated heterocycles. The smallest absolute Gasteiger partial charge is 0.131 e. The van der Waals surface area contributed by atoms with Crippen molar-refractivity contribution in [2.75, 3.05) is 5.32 Å². The van der Waals surface area contributed by atoms with Crippen LogP contribution in [0.1, 0.15) is 24.8 Å². The maximum atomic E-state index is 5.81. The van der Waals surface area contributed by atoms with Crippen molar-refractivity contribution in [2.24, 2.45) is 0 Å². The molecule has 13 heavy (non-hydrogen) atoms. The molecule has 0 bridgehead atoms. The Balaban J connectivity index is 2.13. The number of anilines is 1. The highest BCUT2D eigenvalue weighted by molar-refractivity contribution is 6.29. The van der Waals surface area contributed by atoms with Crippen molar-refractivity contribution in [3.63, 3.8) is 0 Å². The first kappa shape index (κ1) is 8.82. The molecular formula is C10H13ClN2. The van der Waals surface area contributed by atoms with E-state index in [1.54, 1.807) is 0 Å². The lowest BCUT2D eigenvalue weighted by atomic mass is 9.93. The molecule has 70 valence electrons. The molecule has 2 nitrogen and oxygen atoms in total. The van der Waals surface area contributed by atoms with Gasteiger partial charge in [-0.2, -0.15) is 0 Å². The zero-order valence-corrected chi connectivity index (χ0v) is 8.43. The fourth-order valence-electron chi connectivity index (χ4n) is 1.40. The fourth-order valence-corrected chi connectivity index (χ4v) is 1.54. The average Bonchev–Trinajstić information content (AvgIpc) is 2.03. The Labute approximate surface area is 83.3 Å². The molecule has 0 spiro atoms. The average molecular weight is 197 g/mol. The summed E-state index contributed by atoms with van der Waals surface area (Å²) in [6.45, 7) is 2.05. The van der Waals surface area contributed by atoms with Gasteiger partial charge < -0.3 is 5.32 Å². The van der Waals surface area contributed by atoms with Crippen molar-refractivity contribution in [2.45, 2.75) is 32.2 Å². The number of nitrogens with one attached hydrogen (secondary N) is 1. The number of hydrogen-bond donors (Lipinski definition) is 1. The molecular weight excluding hydrogens is 184 g/mol. The van der Waals surface area contributed by atoms with E-state index in [1.165, 1.54) is 19.3 Å². The number of pyridine rings is 1. The molecule has 0 amide bonds. The Bertz CT molecular complexity index is 308. The van der Waals surface area contributed by atoms with Crippen LogP contribution in [0.4, 0.5) is 5.82 Å². The molecule has 0 atom stereocenters. The summed E-state index contributed by atoms with van der Waals surface area (Å²) >= 11 is 5.81. The maximum absolute atomic E-state index is 5.81. The van der Waals surface area contributed by atoms with E-state index in [0.717, 1.165) is 11.4 Å². The molecule has 0 aromatic carbocycles. The van der Waals surface area contributed by atoms with Crippen molar-refractivity contribution in [3.05, 3.63) is 22.8 Å². The van der Waals surface area contributed by atoms with E-state index in [4.69, 9.17) is 11.6 Å². The van der Waals surface area contributed by atoms with Gasteiger partial charge in [0, 0.05) is 6.04 Å². The van der Waals surface area contributed by atoms with Gasteiger partial charge in [-0.25, -0.2) is 4.98 Å². The molecule has 0 unspecified atom stereocenters. The first-order valence-electron chi connectivity index (χ1n) is 4.65. The molecule has 1 aliphatic rings. The second-order valence-electron chi connectivity index (χ2n) is 3.57. The number of aryl methyl sites for hydroxylation is 1. The lowest BCUT2D eigenvalue weighted by Crippen LogP contribution is -2.27. The third-order valence-electron chi connectivity index (χ3n) is 2.51. The molecule has 1 fully saturated rings. The summed E-state index contributed by atoms with van der Waals surface area (Å²) in [6, 6.07) is 4.43. The van der Waals surface area contributed by atoms with Crippen LogP contribution in [0.25, 0.3) is 0 Å². The minimum absolute atomic E-state index is 0.562. The van der Waals surface area contributed by atoms with Crippen LogP contribution in [0.5, 0.6) is 0 Å². The first-order valence-corrected chi connectivity index (χ1v) is 5.03. The van der Waals surface area contributed by atoms with E-state index in [0.29, 0.717) is 11.2 Å². The summed E-state index contributed by atoms with van der Waals surface area (Å²) < 4.78 is 0. The van der Waals surface area contributed by atoms with Gasteiger partial charge in [-0.15, -0.1) is 0 Å². The van der Waals surface area contributed by atoms with Crippen molar-refractivity contribution < 1.29 is 0 Å². The lowest BCUT2D eigenvalue weighted by Gasteiger charge is -2.27. The van der Waals surface area contributed by atoms with Crippen LogP contribution in [0.3, 0.4) is 0 Å². The van der Waals surface area contributed by atoms with Crippen molar-refractivity contribution >= 4 is 17.4 Å². The second-order valence-corrected chi connectivity index (χ2v) is 3.96. The Morgan fingerprint density at radius 2 is 2.23 bits per heavy atom. The summed E-state index contributed by atoms with van der Waals surface area (Å²) in [6.07, 6.45) is 3.85. The Morgan fingerprint density at radius 3 is 2.85 bits per heavy atom.